The number of likely N-dealkylation sites (tertiary alicyclic amines) is 1. The number of aliphatic imine (C=N–C) groups is 1. The van der Waals surface area contributed by atoms with Crippen LogP contribution in [0.15, 0.2) is 59.6 Å². The molecule has 0 atom stereocenters. The van der Waals surface area contributed by atoms with Gasteiger partial charge in [-0.3, -0.25) is 9.89 Å². The normalized spacial score (nSPS) is 16.0. The Morgan fingerprint density at radius 3 is 2.52 bits per heavy atom. The number of rotatable bonds is 8. The molecule has 156 valence electrons. The Morgan fingerprint density at radius 2 is 1.79 bits per heavy atom. The predicted octanol–water partition coefficient (Wildman–Crippen LogP) is 3.34. The number of guanidine groups is 1. The third kappa shape index (κ3) is 7.18. The van der Waals surface area contributed by atoms with Crippen molar-refractivity contribution in [1.82, 2.24) is 15.5 Å². The Bertz CT molecular complexity index is 754. The lowest BCUT2D eigenvalue weighted by Gasteiger charge is -2.33. The first-order valence-corrected chi connectivity index (χ1v) is 10.6. The zero-order chi connectivity index (χ0) is 20.3. The van der Waals surface area contributed by atoms with Crippen LogP contribution in [0.4, 0.5) is 0 Å². The van der Waals surface area contributed by atoms with Crippen molar-refractivity contribution < 1.29 is 4.74 Å². The van der Waals surface area contributed by atoms with Crippen molar-refractivity contribution in [3.63, 3.8) is 0 Å². The quantitative estimate of drug-likeness (QED) is 0.410. The van der Waals surface area contributed by atoms with Crippen molar-refractivity contribution in [2.75, 3.05) is 33.3 Å². The first-order valence-electron chi connectivity index (χ1n) is 10.6. The van der Waals surface area contributed by atoms with Gasteiger partial charge in [0.15, 0.2) is 5.96 Å². The summed E-state index contributed by atoms with van der Waals surface area (Å²) in [4.78, 5) is 6.91. The number of benzene rings is 2. The molecule has 0 unspecified atom stereocenters. The molecule has 1 saturated heterocycles. The van der Waals surface area contributed by atoms with E-state index in [9.17, 15) is 0 Å². The van der Waals surface area contributed by atoms with Gasteiger partial charge in [-0.15, -0.1) is 0 Å². The maximum atomic E-state index is 5.73. The Labute approximate surface area is 175 Å². The molecule has 2 aromatic rings. The molecule has 1 aliphatic heterocycles. The second-order valence-electron chi connectivity index (χ2n) is 7.66. The maximum Gasteiger partial charge on any atom is 0.191 e. The third-order valence-electron chi connectivity index (χ3n) is 5.46. The molecule has 0 bridgehead atoms. The van der Waals surface area contributed by atoms with E-state index in [1.165, 1.54) is 16.7 Å². The highest BCUT2D eigenvalue weighted by atomic mass is 16.5. The Morgan fingerprint density at radius 1 is 1.07 bits per heavy atom. The zero-order valence-corrected chi connectivity index (χ0v) is 17.7. The summed E-state index contributed by atoms with van der Waals surface area (Å²) in [6, 6.07) is 19.4. The standard InChI is InChI=1S/C24H34N4O/c1-20-8-6-7-11-22(20)18-28-15-12-23(13-16-28)27-24(25-2)26-14-17-29-19-21-9-4-3-5-10-21/h3-11,23H,12-19H2,1-2H3,(H2,25,26,27). The van der Waals surface area contributed by atoms with Gasteiger partial charge in [0.2, 0.25) is 0 Å². The van der Waals surface area contributed by atoms with Crippen LogP contribution in [0.25, 0.3) is 0 Å². The second-order valence-corrected chi connectivity index (χ2v) is 7.66. The van der Waals surface area contributed by atoms with Gasteiger partial charge < -0.3 is 15.4 Å². The molecule has 5 heteroatoms. The summed E-state index contributed by atoms with van der Waals surface area (Å²) in [6.07, 6.45) is 2.27. The first-order chi connectivity index (χ1) is 14.2. The minimum Gasteiger partial charge on any atom is -0.375 e. The molecule has 5 nitrogen and oxygen atoms in total. The van der Waals surface area contributed by atoms with Crippen LogP contribution in [0.2, 0.25) is 0 Å². The molecule has 0 aliphatic carbocycles. The summed E-state index contributed by atoms with van der Waals surface area (Å²) in [5, 5.41) is 6.93. The lowest BCUT2D eigenvalue weighted by molar-refractivity contribution is 0.125. The van der Waals surface area contributed by atoms with E-state index >= 15 is 0 Å². The molecule has 29 heavy (non-hydrogen) atoms. The summed E-state index contributed by atoms with van der Waals surface area (Å²) >= 11 is 0. The van der Waals surface area contributed by atoms with Crippen LogP contribution < -0.4 is 10.6 Å². The molecule has 1 fully saturated rings. The van der Waals surface area contributed by atoms with Crippen LogP contribution >= 0.6 is 0 Å². The molecular formula is C24H34N4O. The lowest BCUT2D eigenvalue weighted by Crippen LogP contribution is -2.49. The molecule has 0 amide bonds. The number of hydrogen-bond acceptors (Lipinski definition) is 3. The van der Waals surface area contributed by atoms with Gasteiger partial charge in [0.1, 0.15) is 0 Å². The highest BCUT2D eigenvalue weighted by Crippen LogP contribution is 2.16. The molecule has 3 rings (SSSR count). The van der Waals surface area contributed by atoms with Gasteiger partial charge in [-0.25, -0.2) is 0 Å². The van der Waals surface area contributed by atoms with E-state index in [1.807, 2.05) is 25.2 Å². The van der Waals surface area contributed by atoms with E-state index in [-0.39, 0.29) is 0 Å². The van der Waals surface area contributed by atoms with Gasteiger partial charge in [0.05, 0.1) is 13.2 Å². The highest BCUT2D eigenvalue weighted by Gasteiger charge is 2.20. The van der Waals surface area contributed by atoms with Gasteiger partial charge in [-0.1, -0.05) is 54.6 Å². The molecule has 2 N–H and O–H groups in total. The molecule has 0 aromatic heterocycles. The fourth-order valence-electron chi connectivity index (χ4n) is 3.66. The van der Waals surface area contributed by atoms with Crippen molar-refractivity contribution >= 4 is 5.96 Å². The van der Waals surface area contributed by atoms with E-state index in [1.54, 1.807) is 0 Å². The predicted molar refractivity (Wildman–Crippen MR) is 120 cm³/mol. The average molecular weight is 395 g/mol. The maximum absolute atomic E-state index is 5.73. The number of piperidine rings is 1. The van der Waals surface area contributed by atoms with Gasteiger partial charge in [-0.05, 0) is 36.5 Å². The highest BCUT2D eigenvalue weighted by molar-refractivity contribution is 5.79. The van der Waals surface area contributed by atoms with E-state index in [4.69, 9.17) is 4.74 Å². The van der Waals surface area contributed by atoms with E-state index < -0.39 is 0 Å². The molecule has 0 radical (unpaired) electrons. The summed E-state index contributed by atoms with van der Waals surface area (Å²) in [5.41, 5.74) is 4.02. The number of aryl methyl sites for hydroxylation is 1. The molecule has 1 aliphatic rings. The topological polar surface area (TPSA) is 48.9 Å². The fourth-order valence-corrected chi connectivity index (χ4v) is 3.66. The monoisotopic (exact) mass is 394 g/mol. The van der Waals surface area contributed by atoms with E-state index in [0.717, 1.165) is 45.0 Å². The Balaban J connectivity index is 1.31. The van der Waals surface area contributed by atoms with Crippen LogP contribution in [-0.4, -0.2) is 50.2 Å². The van der Waals surface area contributed by atoms with Crippen LogP contribution in [0.3, 0.4) is 0 Å². The molecule has 0 spiro atoms. The van der Waals surface area contributed by atoms with Gasteiger partial charge in [0, 0.05) is 39.3 Å². The van der Waals surface area contributed by atoms with E-state index in [0.29, 0.717) is 19.3 Å². The smallest absolute Gasteiger partial charge is 0.191 e. The van der Waals surface area contributed by atoms with Gasteiger partial charge in [0.25, 0.3) is 0 Å². The summed E-state index contributed by atoms with van der Waals surface area (Å²) in [5.74, 6) is 0.866. The van der Waals surface area contributed by atoms with Gasteiger partial charge >= 0.3 is 0 Å². The van der Waals surface area contributed by atoms with Crippen LogP contribution in [0, 0.1) is 6.92 Å². The van der Waals surface area contributed by atoms with Crippen molar-refractivity contribution in [3.05, 3.63) is 71.3 Å². The largest absolute Gasteiger partial charge is 0.375 e. The molecule has 1 heterocycles. The second kappa shape index (κ2) is 11.6. The lowest BCUT2D eigenvalue weighted by atomic mass is 10.0. The fraction of sp³-hybridized carbons (Fsp3) is 0.458. The van der Waals surface area contributed by atoms with Crippen molar-refractivity contribution in [2.24, 2.45) is 4.99 Å². The summed E-state index contributed by atoms with van der Waals surface area (Å²) < 4.78 is 5.73. The van der Waals surface area contributed by atoms with Crippen molar-refractivity contribution in [1.29, 1.82) is 0 Å². The van der Waals surface area contributed by atoms with Crippen LogP contribution in [0.1, 0.15) is 29.5 Å². The van der Waals surface area contributed by atoms with Crippen molar-refractivity contribution in [3.8, 4) is 0 Å². The number of nitrogens with one attached hydrogen (secondary N) is 2. The Hall–Kier alpha value is -2.37. The van der Waals surface area contributed by atoms with E-state index in [2.05, 4.69) is 63.8 Å². The minimum atomic E-state index is 0.472. The first kappa shape index (κ1) is 21.3. The Kier molecular flexibility index (Phi) is 8.53. The number of ether oxygens (including phenoxy) is 1. The van der Waals surface area contributed by atoms with Crippen LogP contribution in [0.5, 0.6) is 0 Å². The van der Waals surface area contributed by atoms with Crippen LogP contribution in [-0.2, 0) is 17.9 Å². The van der Waals surface area contributed by atoms with Gasteiger partial charge in [-0.2, -0.15) is 0 Å². The summed E-state index contributed by atoms with van der Waals surface area (Å²) in [6.45, 7) is 7.53. The zero-order valence-electron chi connectivity index (χ0n) is 17.7. The number of hydrogen-bond donors (Lipinski definition) is 2. The SMILES string of the molecule is CN=C(NCCOCc1ccccc1)NC1CCN(Cc2ccccc2C)CC1. The van der Waals surface area contributed by atoms with Crippen molar-refractivity contribution in [2.45, 2.75) is 39.0 Å². The average Bonchev–Trinajstić information content (AvgIpc) is 2.76. The minimum absolute atomic E-state index is 0.472. The number of nitrogens with zero attached hydrogens (tertiary/aromatic N) is 2. The summed E-state index contributed by atoms with van der Waals surface area (Å²) in [7, 11) is 1.83. The molecule has 0 saturated carbocycles. The molecular weight excluding hydrogens is 360 g/mol. The third-order valence-corrected chi connectivity index (χ3v) is 5.46. The molecule has 2 aromatic carbocycles.